The Hall–Kier alpha value is -0.380. The minimum absolute atomic E-state index is 0.392. The van der Waals surface area contributed by atoms with Gasteiger partial charge in [0, 0.05) is 4.47 Å². The zero-order chi connectivity index (χ0) is 13.0. The average molecular weight is 299 g/mol. The average Bonchev–Trinajstić information content (AvgIpc) is 2.33. The van der Waals surface area contributed by atoms with E-state index < -0.39 is 0 Å². The molecule has 96 valence electrons. The maximum absolute atomic E-state index is 5.78. The molecule has 0 radical (unpaired) electrons. The Kier molecular flexibility index (Phi) is 5.63. The van der Waals surface area contributed by atoms with Crippen LogP contribution in [0.25, 0.3) is 0 Å². The Balaban J connectivity index is 2.95. The van der Waals surface area contributed by atoms with Crippen molar-refractivity contribution in [1.82, 2.24) is 0 Å². The van der Waals surface area contributed by atoms with Gasteiger partial charge in [0.15, 0.2) is 0 Å². The summed E-state index contributed by atoms with van der Waals surface area (Å²) < 4.78 is 1.17. The minimum atomic E-state index is 0.392. The lowest BCUT2D eigenvalue weighted by atomic mass is 9.79. The molecule has 0 heterocycles. The fourth-order valence-electron chi connectivity index (χ4n) is 2.33. The molecule has 0 saturated heterocycles. The Bertz CT molecular complexity index is 361. The second-order valence-corrected chi connectivity index (χ2v) is 5.69. The Morgan fingerprint density at radius 3 is 2.29 bits per heavy atom. The van der Waals surface area contributed by atoms with E-state index in [0.717, 1.165) is 0 Å². The highest BCUT2D eigenvalue weighted by Crippen LogP contribution is 2.33. The maximum atomic E-state index is 5.78. The molecule has 0 aliphatic rings. The van der Waals surface area contributed by atoms with E-state index in [-0.39, 0.29) is 0 Å². The van der Waals surface area contributed by atoms with Crippen LogP contribution in [0.1, 0.15) is 30.9 Å². The third-order valence-corrected chi connectivity index (χ3v) is 4.80. The Morgan fingerprint density at radius 1 is 1.18 bits per heavy atom. The lowest BCUT2D eigenvalue weighted by Gasteiger charge is -2.28. The molecule has 0 saturated carbocycles. The van der Waals surface area contributed by atoms with Gasteiger partial charge in [0.25, 0.3) is 0 Å². The van der Waals surface area contributed by atoms with E-state index in [2.05, 4.69) is 54.9 Å². The second-order valence-electron chi connectivity index (χ2n) is 4.83. The first-order valence-electron chi connectivity index (χ1n) is 6.18. The van der Waals surface area contributed by atoms with Crippen LogP contribution in [0.15, 0.2) is 22.7 Å². The summed E-state index contributed by atoms with van der Waals surface area (Å²) in [4.78, 5) is 0. The van der Waals surface area contributed by atoms with Gasteiger partial charge in [-0.3, -0.25) is 0 Å². The van der Waals surface area contributed by atoms with Crippen molar-refractivity contribution in [1.29, 1.82) is 0 Å². The van der Waals surface area contributed by atoms with E-state index in [9.17, 15) is 0 Å². The quantitative estimate of drug-likeness (QED) is 0.878. The van der Waals surface area contributed by atoms with Gasteiger partial charge in [0.05, 0.1) is 0 Å². The van der Waals surface area contributed by atoms with Crippen molar-refractivity contribution in [3.63, 3.8) is 0 Å². The summed E-state index contributed by atoms with van der Waals surface area (Å²) in [7, 11) is 0. The third-order valence-electron chi connectivity index (χ3n) is 3.94. The summed E-state index contributed by atoms with van der Waals surface area (Å²) in [6.07, 6.45) is 0. The van der Waals surface area contributed by atoms with Crippen LogP contribution in [0, 0.1) is 18.8 Å². The van der Waals surface area contributed by atoms with Gasteiger partial charge in [-0.1, -0.05) is 41.9 Å². The van der Waals surface area contributed by atoms with E-state index in [1.807, 2.05) is 0 Å². The lowest BCUT2D eigenvalue weighted by Crippen LogP contribution is -2.31. The van der Waals surface area contributed by atoms with Gasteiger partial charge < -0.3 is 11.5 Å². The normalized spacial score (nSPS) is 15.0. The van der Waals surface area contributed by atoms with Crippen LogP contribution >= 0.6 is 15.9 Å². The molecule has 2 atom stereocenters. The highest BCUT2D eigenvalue weighted by Gasteiger charge is 2.23. The number of hydrogen-bond acceptors (Lipinski definition) is 2. The van der Waals surface area contributed by atoms with Crippen LogP contribution in [0.3, 0.4) is 0 Å². The number of rotatable bonds is 5. The summed E-state index contributed by atoms with van der Waals surface area (Å²) in [6.45, 7) is 7.99. The van der Waals surface area contributed by atoms with E-state index in [1.165, 1.54) is 15.6 Å². The fourth-order valence-corrected chi connectivity index (χ4v) is 2.72. The van der Waals surface area contributed by atoms with Crippen molar-refractivity contribution in [2.24, 2.45) is 23.3 Å². The number of halogens is 1. The molecule has 0 aliphatic heterocycles. The lowest BCUT2D eigenvalue weighted by molar-refractivity contribution is 0.328. The SMILES string of the molecule is Cc1c(Br)cccc1C(C)C(C)C(CN)CN. The van der Waals surface area contributed by atoms with E-state index >= 15 is 0 Å². The highest BCUT2D eigenvalue weighted by molar-refractivity contribution is 9.10. The van der Waals surface area contributed by atoms with Crippen LogP contribution in [-0.4, -0.2) is 13.1 Å². The number of nitrogens with two attached hydrogens (primary N) is 2. The molecular formula is C14H23BrN2. The Labute approximate surface area is 113 Å². The molecule has 2 nitrogen and oxygen atoms in total. The van der Waals surface area contributed by atoms with Crippen molar-refractivity contribution in [2.45, 2.75) is 26.7 Å². The monoisotopic (exact) mass is 298 g/mol. The maximum Gasteiger partial charge on any atom is 0.0207 e. The largest absolute Gasteiger partial charge is 0.330 e. The summed E-state index contributed by atoms with van der Waals surface area (Å²) in [5, 5.41) is 0. The number of benzene rings is 1. The van der Waals surface area contributed by atoms with Gasteiger partial charge in [0.1, 0.15) is 0 Å². The minimum Gasteiger partial charge on any atom is -0.330 e. The zero-order valence-electron chi connectivity index (χ0n) is 10.9. The molecule has 17 heavy (non-hydrogen) atoms. The molecule has 0 spiro atoms. The van der Waals surface area contributed by atoms with Crippen molar-refractivity contribution in [3.8, 4) is 0 Å². The van der Waals surface area contributed by atoms with Gasteiger partial charge in [0.2, 0.25) is 0 Å². The van der Waals surface area contributed by atoms with Crippen LogP contribution in [0.5, 0.6) is 0 Å². The topological polar surface area (TPSA) is 52.0 Å². The molecule has 3 heteroatoms. The summed E-state index contributed by atoms with van der Waals surface area (Å²) >= 11 is 3.59. The molecule has 0 fully saturated rings. The van der Waals surface area contributed by atoms with E-state index in [0.29, 0.717) is 30.8 Å². The van der Waals surface area contributed by atoms with Gasteiger partial charge >= 0.3 is 0 Å². The molecule has 0 aromatic heterocycles. The molecule has 2 unspecified atom stereocenters. The first kappa shape index (κ1) is 14.7. The molecule has 0 aliphatic carbocycles. The van der Waals surface area contributed by atoms with Gasteiger partial charge in [-0.05, 0) is 55.0 Å². The summed E-state index contributed by atoms with van der Waals surface area (Å²) in [6, 6.07) is 6.38. The molecule has 1 aromatic rings. The number of hydrogen-bond donors (Lipinski definition) is 2. The van der Waals surface area contributed by atoms with Crippen molar-refractivity contribution >= 4 is 15.9 Å². The Morgan fingerprint density at radius 2 is 1.76 bits per heavy atom. The van der Waals surface area contributed by atoms with Crippen molar-refractivity contribution < 1.29 is 0 Å². The second kappa shape index (κ2) is 6.53. The first-order chi connectivity index (χ1) is 8.02. The predicted octanol–water partition coefficient (Wildman–Crippen LogP) is 3.03. The van der Waals surface area contributed by atoms with Gasteiger partial charge in [-0.25, -0.2) is 0 Å². The van der Waals surface area contributed by atoms with Crippen LogP contribution < -0.4 is 11.5 Å². The van der Waals surface area contributed by atoms with Gasteiger partial charge in [-0.15, -0.1) is 0 Å². The molecule has 0 bridgehead atoms. The van der Waals surface area contributed by atoms with Crippen LogP contribution in [0.4, 0.5) is 0 Å². The van der Waals surface area contributed by atoms with Crippen molar-refractivity contribution in [3.05, 3.63) is 33.8 Å². The van der Waals surface area contributed by atoms with Gasteiger partial charge in [-0.2, -0.15) is 0 Å². The first-order valence-corrected chi connectivity index (χ1v) is 6.97. The highest BCUT2D eigenvalue weighted by atomic mass is 79.9. The van der Waals surface area contributed by atoms with Crippen LogP contribution in [-0.2, 0) is 0 Å². The smallest absolute Gasteiger partial charge is 0.0207 e. The molecular weight excluding hydrogens is 276 g/mol. The van der Waals surface area contributed by atoms with Crippen LogP contribution in [0.2, 0.25) is 0 Å². The summed E-state index contributed by atoms with van der Waals surface area (Å²) in [5.41, 5.74) is 14.3. The molecule has 0 amide bonds. The molecule has 1 rings (SSSR count). The molecule has 4 N–H and O–H groups in total. The van der Waals surface area contributed by atoms with E-state index in [4.69, 9.17) is 11.5 Å². The molecule has 1 aromatic carbocycles. The standard InChI is InChI=1S/C14H23BrN2/c1-9(12(7-16)8-17)10(2)13-5-4-6-14(15)11(13)3/h4-6,9-10,12H,7-8,16-17H2,1-3H3. The van der Waals surface area contributed by atoms with Crippen molar-refractivity contribution in [2.75, 3.05) is 13.1 Å². The fraction of sp³-hybridized carbons (Fsp3) is 0.571. The zero-order valence-corrected chi connectivity index (χ0v) is 12.5. The van der Waals surface area contributed by atoms with E-state index in [1.54, 1.807) is 0 Å². The summed E-state index contributed by atoms with van der Waals surface area (Å²) in [5.74, 6) is 1.37. The third kappa shape index (κ3) is 3.30. The predicted molar refractivity (Wildman–Crippen MR) is 78.1 cm³/mol.